The lowest BCUT2D eigenvalue weighted by atomic mass is 10.1. The minimum atomic E-state index is -0.181. The average molecular weight is 304 g/mol. The third-order valence-corrected chi connectivity index (χ3v) is 3.85. The number of amides is 1. The molecule has 0 radical (unpaired) electrons. The van der Waals surface area contributed by atoms with Crippen molar-refractivity contribution in [2.45, 2.75) is 18.9 Å². The summed E-state index contributed by atoms with van der Waals surface area (Å²) in [5.41, 5.74) is 2.03. The number of nitrogens with one attached hydrogen (secondary N) is 2. The van der Waals surface area contributed by atoms with Gasteiger partial charge < -0.3 is 10.6 Å². The lowest BCUT2D eigenvalue weighted by Gasteiger charge is -2.11. The number of hydrogen-bond acceptors (Lipinski definition) is 4. The van der Waals surface area contributed by atoms with E-state index in [1.165, 1.54) is 0 Å². The summed E-state index contributed by atoms with van der Waals surface area (Å²) >= 11 is 0. The molecule has 5 nitrogen and oxygen atoms in total. The van der Waals surface area contributed by atoms with Crippen LogP contribution in [0, 0.1) is 0 Å². The van der Waals surface area contributed by atoms with Crippen LogP contribution in [0.1, 0.15) is 23.2 Å². The second kappa shape index (κ2) is 5.68. The van der Waals surface area contributed by atoms with Crippen LogP contribution >= 0.6 is 0 Å². The zero-order valence-electron chi connectivity index (χ0n) is 12.5. The highest BCUT2D eigenvalue weighted by Crippen LogP contribution is 2.26. The number of fused-ring (bicyclic) bond motifs is 1. The van der Waals surface area contributed by atoms with Crippen LogP contribution in [0.3, 0.4) is 0 Å². The molecule has 1 fully saturated rings. The highest BCUT2D eigenvalue weighted by molar-refractivity contribution is 6.10. The Hall–Kier alpha value is -2.95. The molecule has 1 aliphatic carbocycles. The van der Waals surface area contributed by atoms with Gasteiger partial charge in [0.05, 0.1) is 16.8 Å². The second-order valence-electron chi connectivity index (χ2n) is 5.65. The molecule has 2 heterocycles. The molecule has 0 aliphatic heterocycles. The van der Waals surface area contributed by atoms with Crippen molar-refractivity contribution in [1.82, 2.24) is 9.97 Å². The van der Waals surface area contributed by atoms with Crippen LogP contribution in [0.25, 0.3) is 10.9 Å². The number of aromatic nitrogens is 2. The van der Waals surface area contributed by atoms with Gasteiger partial charge in [-0.25, -0.2) is 4.98 Å². The van der Waals surface area contributed by atoms with Crippen molar-refractivity contribution < 1.29 is 4.79 Å². The number of carbonyl (C=O) groups excluding carboxylic acids is 1. The molecule has 2 aromatic heterocycles. The molecule has 1 aliphatic rings. The fraction of sp³-hybridized carbons (Fsp3) is 0.167. The minimum absolute atomic E-state index is 0.181. The van der Waals surface area contributed by atoms with Gasteiger partial charge in [-0.3, -0.25) is 9.78 Å². The number of benzene rings is 1. The van der Waals surface area contributed by atoms with Crippen molar-refractivity contribution in [3.05, 3.63) is 60.4 Å². The van der Waals surface area contributed by atoms with Crippen LogP contribution in [0.5, 0.6) is 0 Å². The van der Waals surface area contributed by atoms with Crippen LogP contribution in [-0.2, 0) is 0 Å². The molecule has 1 amide bonds. The lowest BCUT2D eigenvalue weighted by Crippen LogP contribution is -2.16. The van der Waals surface area contributed by atoms with Gasteiger partial charge in [-0.2, -0.15) is 0 Å². The molecule has 0 spiro atoms. The number of rotatable bonds is 4. The first-order valence-electron chi connectivity index (χ1n) is 7.68. The maximum atomic E-state index is 12.7. The van der Waals surface area contributed by atoms with Gasteiger partial charge in [-0.15, -0.1) is 0 Å². The van der Waals surface area contributed by atoms with Gasteiger partial charge in [0.1, 0.15) is 5.82 Å². The number of nitrogens with zero attached hydrogens (tertiary/aromatic N) is 2. The Morgan fingerprint density at radius 3 is 2.65 bits per heavy atom. The van der Waals surface area contributed by atoms with E-state index in [9.17, 15) is 4.79 Å². The number of para-hydroxylation sites is 1. The molecule has 4 rings (SSSR count). The molecule has 0 saturated heterocycles. The smallest absolute Gasteiger partial charge is 0.259 e. The fourth-order valence-corrected chi connectivity index (χ4v) is 2.52. The van der Waals surface area contributed by atoms with E-state index in [1.54, 1.807) is 24.5 Å². The maximum Gasteiger partial charge on any atom is 0.259 e. The number of anilines is 2. The van der Waals surface area contributed by atoms with Crippen molar-refractivity contribution in [3.63, 3.8) is 0 Å². The SMILES string of the molecule is O=C(Nc1cccc2cccnc12)c1cccnc1NC1CC1. The molecular formula is C18H16N4O. The molecule has 0 unspecified atom stereocenters. The van der Waals surface area contributed by atoms with Gasteiger partial charge in [0.2, 0.25) is 0 Å². The standard InChI is InChI=1S/C18H16N4O/c23-18(14-6-3-11-20-17(14)21-13-8-9-13)22-15-7-1-4-12-5-2-10-19-16(12)15/h1-7,10-11,13H,8-9H2,(H,20,21)(H,22,23). The molecule has 3 aromatic rings. The summed E-state index contributed by atoms with van der Waals surface area (Å²) in [6.07, 6.45) is 5.68. The Bertz CT molecular complexity index is 868. The Morgan fingerprint density at radius 2 is 1.78 bits per heavy atom. The third kappa shape index (κ3) is 2.85. The van der Waals surface area contributed by atoms with E-state index in [0.717, 1.165) is 23.7 Å². The van der Waals surface area contributed by atoms with Gasteiger partial charge in [-0.05, 0) is 37.1 Å². The fourth-order valence-electron chi connectivity index (χ4n) is 2.52. The van der Waals surface area contributed by atoms with E-state index in [2.05, 4.69) is 20.6 Å². The molecule has 5 heteroatoms. The summed E-state index contributed by atoms with van der Waals surface area (Å²) in [6, 6.07) is 13.6. The summed E-state index contributed by atoms with van der Waals surface area (Å²) in [4.78, 5) is 21.3. The van der Waals surface area contributed by atoms with Gasteiger partial charge >= 0.3 is 0 Å². The van der Waals surface area contributed by atoms with Crippen LogP contribution in [0.4, 0.5) is 11.5 Å². The summed E-state index contributed by atoms with van der Waals surface area (Å²) in [7, 11) is 0. The van der Waals surface area contributed by atoms with E-state index in [-0.39, 0.29) is 5.91 Å². The van der Waals surface area contributed by atoms with Gasteiger partial charge in [0.15, 0.2) is 0 Å². The second-order valence-corrected chi connectivity index (χ2v) is 5.65. The molecule has 23 heavy (non-hydrogen) atoms. The van der Waals surface area contributed by atoms with Crippen molar-refractivity contribution in [3.8, 4) is 0 Å². The van der Waals surface area contributed by atoms with Crippen LogP contribution < -0.4 is 10.6 Å². The largest absolute Gasteiger partial charge is 0.367 e. The minimum Gasteiger partial charge on any atom is -0.367 e. The first-order valence-corrected chi connectivity index (χ1v) is 7.68. The molecule has 0 atom stereocenters. The summed E-state index contributed by atoms with van der Waals surface area (Å²) in [5.74, 6) is 0.458. The number of pyridine rings is 2. The van der Waals surface area contributed by atoms with Crippen molar-refractivity contribution in [2.75, 3.05) is 10.6 Å². The Kier molecular flexibility index (Phi) is 3.38. The summed E-state index contributed by atoms with van der Waals surface area (Å²) < 4.78 is 0. The van der Waals surface area contributed by atoms with Crippen LogP contribution in [0.2, 0.25) is 0 Å². The molecule has 114 valence electrons. The average Bonchev–Trinajstić information content (AvgIpc) is 3.40. The normalized spacial score (nSPS) is 13.7. The Morgan fingerprint density at radius 1 is 1.00 bits per heavy atom. The first-order chi connectivity index (χ1) is 11.3. The Labute approximate surface area is 133 Å². The van der Waals surface area contributed by atoms with E-state index in [1.807, 2.05) is 30.3 Å². The first kappa shape index (κ1) is 13.7. The predicted molar refractivity (Wildman–Crippen MR) is 90.6 cm³/mol. The van der Waals surface area contributed by atoms with Gasteiger partial charge in [0, 0.05) is 23.8 Å². The highest BCUT2D eigenvalue weighted by Gasteiger charge is 2.24. The highest BCUT2D eigenvalue weighted by atomic mass is 16.1. The van der Waals surface area contributed by atoms with E-state index < -0.39 is 0 Å². The van der Waals surface area contributed by atoms with E-state index >= 15 is 0 Å². The van der Waals surface area contributed by atoms with Crippen molar-refractivity contribution in [1.29, 1.82) is 0 Å². The van der Waals surface area contributed by atoms with E-state index in [4.69, 9.17) is 0 Å². The molecule has 0 bridgehead atoms. The van der Waals surface area contributed by atoms with Crippen molar-refractivity contribution >= 4 is 28.3 Å². The molecule has 1 aromatic carbocycles. The zero-order chi connectivity index (χ0) is 15.6. The molecular weight excluding hydrogens is 288 g/mol. The molecule has 2 N–H and O–H groups in total. The summed E-state index contributed by atoms with van der Waals surface area (Å²) in [6.45, 7) is 0. The van der Waals surface area contributed by atoms with Gasteiger partial charge in [-0.1, -0.05) is 18.2 Å². The third-order valence-electron chi connectivity index (χ3n) is 3.85. The predicted octanol–water partition coefficient (Wildman–Crippen LogP) is 3.46. The van der Waals surface area contributed by atoms with Crippen molar-refractivity contribution in [2.24, 2.45) is 0 Å². The topological polar surface area (TPSA) is 66.9 Å². The number of carbonyl (C=O) groups is 1. The monoisotopic (exact) mass is 304 g/mol. The lowest BCUT2D eigenvalue weighted by molar-refractivity contribution is 0.102. The zero-order valence-corrected chi connectivity index (χ0v) is 12.5. The van der Waals surface area contributed by atoms with Crippen LogP contribution in [-0.4, -0.2) is 21.9 Å². The molecule has 1 saturated carbocycles. The van der Waals surface area contributed by atoms with Crippen LogP contribution in [0.15, 0.2) is 54.9 Å². The Balaban J connectivity index is 1.64. The maximum absolute atomic E-state index is 12.7. The van der Waals surface area contributed by atoms with Gasteiger partial charge in [0.25, 0.3) is 5.91 Å². The summed E-state index contributed by atoms with van der Waals surface area (Å²) in [5, 5.41) is 7.25. The quantitative estimate of drug-likeness (QED) is 0.774. The number of hydrogen-bond donors (Lipinski definition) is 2. The van der Waals surface area contributed by atoms with E-state index in [0.29, 0.717) is 23.1 Å².